The second kappa shape index (κ2) is 9.26. The summed E-state index contributed by atoms with van der Waals surface area (Å²) in [6, 6.07) is 0. The van der Waals surface area contributed by atoms with Crippen molar-refractivity contribution in [3.8, 4) is 0 Å². The Balaban J connectivity index is 0.000000173. The van der Waals surface area contributed by atoms with Crippen molar-refractivity contribution in [2.24, 2.45) is 47.0 Å². The minimum Gasteiger partial charge on any atom is -0.481 e. The standard InChI is InChI=1S/C6H11NO.C6H13N.C6H10O2/c1-4(6(7)8)5-2-3-5;1-5(4-7)6-2-3-6;1-4(6(7)8)5-2-3-5/h4-5H,2-3H2,1H3,(H2,7,8);5-6H,2-4,7H2,1H3;4-5H,2-3H2,1H3,(H,7,8). The lowest BCUT2D eigenvalue weighted by Crippen LogP contribution is -2.21. The van der Waals surface area contributed by atoms with Crippen molar-refractivity contribution in [3.63, 3.8) is 0 Å². The van der Waals surface area contributed by atoms with Crippen molar-refractivity contribution in [2.75, 3.05) is 6.54 Å². The summed E-state index contributed by atoms with van der Waals surface area (Å²) in [5.74, 6) is 2.12. The SMILES string of the molecule is CC(C(=O)O)C1CC1.CC(C(N)=O)C1CC1.CC(CN)C1CC1. The molecule has 3 rings (SSSR count). The molecule has 0 aromatic rings. The third-order valence-electron chi connectivity index (χ3n) is 5.30. The van der Waals surface area contributed by atoms with Crippen molar-refractivity contribution < 1.29 is 14.7 Å². The minimum atomic E-state index is -0.646. The average molecular weight is 326 g/mol. The number of carbonyl (C=O) groups excluding carboxylic acids is 1. The molecular formula is C18H34N2O3. The van der Waals surface area contributed by atoms with Crippen LogP contribution in [0.5, 0.6) is 0 Å². The maximum absolute atomic E-state index is 10.4. The van der Waals surface area contributed by atoms with Crippen LogP contribution in [0.15, 0.2) is 0 Å². The predicted octanol–water partition coefficient (Wildman–Crippen LogP) is 2.63. The molecule has 0 aromatic carbocycles. The molecule has 3 aliphatic rings. The molecule has 1 amide bonds. The zero-order valence-corrected chi connectivity index (χ0v) is 14.8. The van der Waals surface area contributed by atoms with Gasteiger partial charge in [-0.25, -0.2) is 0 Å². The smallest absolute Gasteiger partial charge is 0.306 e. The summed E-state index contributed by atoms with van der Waals surface area (Å²) in [5, 5.41) is 8.39. The highest BCUT2D eigenvalue weighted by atomic mass is 16.4. The Labute approximate surface area is 140 Å². The molecule has 0 radical (unpaired) electrons. The second-order valence-corrected chi connectivity index (χ2v) is 7.54. The highest BCUT2D eigenvalue weighted by Crippen LogP contribution is 2.37. The van der Waals surface area contributed by atoms with Gasteiger partial charge in [-0.1, -0.05) is 20.8 Å². The summed E-state index contributed by atoms with van der Waals surface area (Å²) in [7, 11) is 0. The molecule has 0 saturated heterocycles. The fourth-order valence-corrected chi connectivity index (χ4v) is 2.48. The van der Waals surface area contributed by atoms with Gasteiger partial charge in [0.25, 0.3) is 0 Å². The molecule has 0 bridgehead atoms. The molecular weight excluding hydrogens is 292 g/mol. The average Bonchev–Trinajstić information content (AvgIpc) is 3.38. The number of amides is 1. The van der Waals surface area contributed by atoms with E-state index in [1.54, 1.807) is 6.92 Å². The Morgan fingerprint density at radius 1 is 0.913 bits per heavy atom. The van der Waals surface area contributed by atoms with Gasteiger partial charge in [-0.05, 0) is 68.7 Å². The van der Waals surface area contributed by atoms with Gasteiger partial charge in [-0.2, -0.15) is 0 Å². The number of hydrogen-bond donors (Lipinski definition) is 3. The zero-order chi connectivity index (χ0) is 17.6. The van der Waals surface area contributed by atoms with Gasteiger partial charge in [0.1, 0.15) is 0 Å². The highest BCUT2D eigenvalue weighted by Gasteiger charge is 2.32. The van der Waals surface area contributed by atoms with Gasteiger partial charge >= 0.3 is 5.97 Å². The van der Waals surface area contributed by atoms with Gasteiger partial charge in [0, 0.05) is 5.92 Å². The van der Waals surface area contributed by atoms with Crippen LogP contribution in [-0.2, 0) is 9.59 Å². The molecule has 0 aromatic heterocycles. The molecule has 3 atom stereocenters. The molecule has 5 N–H and O–H groups in total. The maximum atomic E-state index is 10.4. The van der Waals surface area contributed by atoms with E-state index in [-0.39, 0.29) is 17.7 Å². The van der Waals surface area contributed by atoms with Crippen LogP contribution in [0.25, 0.3) is 0 Å². The Kier molecular flexibility index (Phi) is 8.03. The number of carboxylic acid groups (broad SMARTS) is 1. The van der Waals surface area contributed by atoms with E-state index < -0.39 is 5.97 Å². The van der Waals surface area contributed by atoms with Gasteiger partial charge in [-0.3, -0.25) is 9.59 Å². The minimum absolute atomic E-state index is 0.102. The van der Waals surface area contributed by atoms with Crippen LogP contribution in [-0.4, -0.2) is 23.5 Å². The van der Waals surface area contributed by atoms with Crippen LogP contribution in [0, 0.1) is 35.5 Å². The Morgan fingerprint density at radius 2 is 1.30 bits per heavy atom. The first-order chi connectivity index (χ1) is 10.8. The van der Waals surface area contributed by atoms with Crippen LogP contribution in [0.2, 0.25) is 0 Å². The van der Waals surface area contributed by atoms with E-state index >= 15 is 0 Å². The first-order valence-corrected chi connectivity index (χ1v) is 9.00. The molecule has 0 aliphatic heterocycles. The molecule has 3 aliphatic carbocycles. The maximum Gasteiger partial charge on any atom is 0.306 e. The van der Waals surface area contributed by atoms with Crippen LogP contribution in [0.3, 0.4) is 0 Å². The number of primary amides is 1. The molecule has 0 spiro atoms. The number of carboxylic acids is 1. The molecule has 134 valence electrons. The number of nitrogens with two attached hydrogens (primary N) is 2. The van der Waals surface area contributed by atoms with Crippen LogP contribution in [0.1, 0.15) is 59.3 Å². The van der Waals surface area contributed by atoms with E-state index in [1.165, 1.54) is 25.7 Å². The van der Waals surface area contributed by atoms with E-state index in [1.807, 2.05) is 6.92 Å². The molecule has 5 heteroatoms. The van der Waals surface area contributed by atoms with E-state index in [2.05, 4.69) is 6.92 Å². The summed E-state index contributed by atoms with van der Waals surface area (Å²) in [6.07, 6.45) is 7.49. The van der Waals surface area contributed by atoms with Crippen LogP contribution < -0.4 is 11.5 Å². The number of aliphatic carboxylic acids is 1. The van der Waals surface area contributed by atoms with Gasteiger partial charge in [0.15, 0.2) is 0 Å². The third kappa shape index (κ3) is 8.35. The first kappa shape index (κ1) is 19.9. The summed E-state index contributed by atoms with van der Waals surface area (Å²) in [4.78, 5) is 20.6. The molecule has 0 heterocycles. The summed E-state index contributed by atoms with van der Waals surface area (Å²) in [6.45, 7) is 6.79. The number of rotatable bonds is 6. The quantitative estimate of drug-likeness (QED) is 0.697. The third-order valence-corrected chi connectivity index (χ3v) is 5.30. The van der Waals surface area contributed by atoms with Crippen LogP contribution >= 0.6 is 0 Å². The lowest BCUT2D eigenvalue weighted by Gasteiger charge is -2.01. The van der Waals surface area contributed by atoms with E-state index in [0.29, 0.717) is 11.8 Å². The Morgan fingerprint density at radius 3 is 1.43 bits per heavy atom. The zero-order valence-electron chi connectivity index (χ0n) is 14.8. The monoisotopic (exact) mass is 326 g/mol. The highest BCUT2D eigenvalue weighted by molar-refractivity contribution is 5.76. The Bertz CT molecular complexity index is 360. The fourth-order valence-electron chi connectivity index (χ4n) is 2.48. The number of carbonyl (C=O) groups is 2. The summed E-state index contributed by atoms with van der Waals surface area (Å²) in [5.41, 5.74) is 10.5. The van der Waals surface area contributed by atoms with Crippen molar-refractivity contribution in [3.05, 3.63) is 0 Å². The first-order valence-electron chi connectivity index (χ1n) is 9.00. The lowest BCUT2D eigenvalue weighted by molar-refractivity contribution is -0.141. The normalized spacial score (nSPS) is 23.3. The second-order valence-electron chi connectivity index (χ2n) is 7.54. The van der Waals surface area contributed by atoms with Gasteiger partial charge in [0.05, 0.1) is 5.92 Å². The Hall–Kier alpha value is -1.10. The van der Waals surface area contributed by atoms with E-state index in [4.69, 9.17) is 16.6 Å². The summed E-state index contributed by atoms with van der Waals surface area (Å²) >= 11 is 0. The fraction of sp³-hybridized carbons (Fsp3) is 0.889. The largest absolute Gasteiger partial charge is 0.481 e. The van der Waals surface area contributed by atoms with Crippen molar-refractivity contribution in [2.45, 2.75) is 59.3 Å². The van der Waals surface area contributed by atoms with Crippen LogP contribution in [0.4, 0.5) is 0 Å². The van der Waals surface area contributed by atoms with E-state index in [9.17, 15) is 9.59 Å². The molecule has 3 saturated carbocycles. The van der Waals surface area contributed by atoms with Gasteiger partial charge < -0.3 is 16.6 Å². The molecule has 5 nitrogen and oxygen atoms in total. The van der Waals surface area contributed by atoms with E-state index in [0.717, 1.165) is 31.2 Å². The topological polar surface area (TPSA) is 106 Å². The van der Waals surface area contributed by atoms with Gasteiger partial charge in [-0.15, -0.1) is 0 Å². The van der Waals surface area contributed by atoms with Crippen molar-refractivity contribution >= 4 is 11.9 Å². The lowest BCUT2D eigenvalue weighted by atomic mass is 10.1. The van der Waals surface area contributed by atoms with Crippen molar-refractivity contribution in [1.29, 1.82) is 0 Å². The predicted molar refractivity (Wildman–Crippen MR) is 91.5 cm³/mol. The molecule has 3 fully saturated rings. The molecule has 3 unspecified atom stereocenters. The molecule has 23 heavy (non-hydrogen) atoms. The van der Waals surface area contributed by atoms with Gasteiger partial charge in [0.2, 0.25) is 5.91 Å². The number of hydrogen-bond acceptors (Lipinski definition) is 3. The van der Waals surface area contributed by atoms with Crippen molar-refractivity contribution in [1.82, 2.24) is 0 Å². The summed E-state index contributed by atoms with van der Waals surface area (Å²) < 4.78 is 0.